The van der Waals surface area contributed by atoms with Crippen molar-refractivity contribution in [2.24, 2.45) is 5.92 Å². The van der Waals surface area contributed by atoms with Crippen molar-refractivity contribution in [3.63, 3.8) is 0 Å². The first kappa shape index (κ1) is 27.3. The predicted octanol–water partition coefficient (Wildman–Crippen LogP) is 3.70. The number of amides is 2. The molecule has 0 aliphatic carbocycles. The Morgan fingerprint density at radius 3 is 2.59 bits per heavy atom. The molecule has 0 radical (unpaired) electrons. The molecule has 2 aromatic rings. The van der Waals surface area contributed by atoms with Crippen molar-refractivity contribution in [2.75, 3.05) is 49.7 Å². The minimum absolute atomic E-state index is 0.00263. The lowest BCUT2D eigenvalue weighted by Crippen LogP contribution is -2.42. The largest absolute Gasteiger partial charge is 0.378 e. The number of nitrogens with one attached hydrogen (secondary N) is 2. The molecule has 2 amide bonds. The molecule has 0 bridgehead atoms. The Hall–Kier alpha value is -2.72. The summed E-state index contributed by atoms with van der Waals surface area (Å²) in [7, 11) is 1.67. The Kier molecular flexibility index (Phi) is 9.37. The van der Waals surface area contributed by atoms with E-state index in [0.717, 1.165) is 64.2 Å². The second kappa shape index (κ2) is 12.7. The number of carbonyl (C=O) groups is 2. The number of aromatic nitrogens is 2. The van der Waals surface area contributed by atoms with Crippen LogP contribution < -0.4 is 20.4 Å². The standard InChI is InChI=1S/C27H37BrN6O3/c1-4-5-6-19-15-23(26(36)29-3)34(17-19)24-16-22(31-27(28)32-24)18(2)30-25(35)20-7-9-21(10-8-20)33-11-13-37-14-12-33/h7-10,16,18-19,23H,4-6,11-15,17H2,1-3H3,(H,29,36)(H,30,35)/t18-,19-,23-/m0/s1. The van der Waals surface area contributed by atoms with Gasteiger partial charge < -0.3 is 25.2 Å². The van der Waals surface area contributed by atoms with Gasteiger partial charge in [-0.2, -0.15) is 0 Å². The summed E-state index contributed by atoms with van der Waals surface area (Å²) < 4.78 is 5.85. The SMILES string of the molecule is CCCC[C@H]1C[C@@H](C(=O)NC)N(c2cc([C@H](C)NC(=O)c3ccc(N4CCOCC4)cc3)nc(Br)n2)C1. The van der Waals surface area contributed by atoms with Crippen molar-refractivity contribution in [3.8, 4) is 0 Å². The highest BCUT2D eigenvalue weighted by molar-refractivity contribution is 9.10. The number of morpholine rings is 1. The van der Waals surface area contributed by atoms with Crippen LogP contribution in [0.3, 0.4) is 0 Å². The van der Waals surface area contributed by atoms with Gasteiger partial charge in [-0.1, -0.05) is 19.8 Å². The van der Waals surface area contributed by atoms with Gasteiger partial charge in [-0.3, -0.25) is 9.59 Å². The molecule has 1 aromatic carbocycles. The fourth-order valence-electron chi connectivity index (χ4n) is 5.08. The van der Waals surface area contributed by atoms with Crippen molar-refractivity contribution in [2.45, 2.75) is 51.6 Å². The maximum Gasteiger partial charge on any atom is 0.251 e. The van der Waals surface area contributed by atoms with Gasteiger partial charge in [0.15, 0.2) is 4.73 Å². The molecule has 4 rings (SSSR count). The molecule has 37 heavy (non-hydrogen) atoms. The molecule has 9 nitrogen and oxygen atoms in total. The van der Waals surface area contributed by atoms with Crippen LogP contribution in [0, 0.1) is 5.92 Å². The summed E-state index contributed by atoms with van der Waals surface area (Å²) in [4.78, 5) is 39.1. The van der Waals surface area contributed by atoms with E-state index in [1.165, 1.54) is 0 Å². The molecule has 0 spiro atoms. The molecular formula is C27H37BrN6O3. The number of halogens is 1. The van der Waals surface area contributed by atoms with E-state index in [1.807, 2.05) is 37.3 Å². The van der Waals surface area contributed by atoms with E-state index in [1.54, 1.807) is 7.05 Å². The van der Waals surface area contributed by atoms with Crippen molar-refractivity contribution in [3.05, 3.63) is 46.3 Å². The second-order valence-corrected chi connectivity index (χ2v) is 10.5. The highest BCUT2D eigenvalue weighted by Crippen LogP contribution is 2.32. The van der Waals surface area contributed by atoms with E-state index in [4.69, 9.17) is 4.74 Å². The number of carbonyl (C=O) groups excluding carboxylic acids is 2. The molecule has 200 valence electrons. The summed E-state index contributed by atoms with van der Waals surface area (Å²) in [5, 5.41) is 5.86. The van der Waals surface area contributed by atoms with Gasteiger partial charge in [-0.15, -0.1) is 0 Å². The van der Waals surface area contributed by atoms with Crippen LogP contribution in [0.4, 0.5) is 11.5 Å². The topological polar surface area (TPSA) is 99.7 Å². The highest BCUT2D eigenvalue weighted by atomic mass is 79.9. The van der Waals surface area contributed by atoms with Gasteiger partial charge in [0.05, 0.1) is 24.9 Å². The van der Waals surface area contributed by atoms with Crippen molar-refractivity contribution in [1.29, 1.82) is 0 Å². The Morgan fingerprint density at radius 1 is 1.19 bits per heavy atom. The van der Waals surface area contributed by atoms with Crippen LogP contribution in [0.2, 0.25) is 0 Å². The molecule has 2 N–H and O–H groups in total. The van der Waals surface area contributed by atoms with Crippen LogP contribution >= 0.6 is 15.9 Å². The van der Waals surface area contributed by atoms with E-state index in [-0.39, 0.29) is 23.9 Å². The maximum atomic E-state index is 13.0. The zero-order valence-electron chi connectivity index (χ0n) is 21.9. The van der Waals surface area contributed by atoms with E-state index < -0.39 is 0 Å². The molecule has 1 aromatic heterocycles. The number of ether oxygens (including phenoxy) is 1. The van der Waals surface area contributed by atoms with Crippen LogP contribution in [0.5, 0.6) is 0 Å². The van der Waals surface area contributed by atoms with E-state index in [0.29, 0.717) is 27.7 Å². The summed E-state index contributed by atoms with van der Waals surface area (Å²) in [5.41, 5.74) is 2.36. The number of benzene rings is 1. The lowest BCUT2D eigenvalue weighted by Gasteiger charge is -2.28. The molecule has 2 aliphatic heterocycles. The molecule has 10 heteroatoms. The third kappa shape index (κ3) is 6.78. The Bertz CT molecular complexity index is 1080. The van der Waals surface area contributed by atoms with Crippen LogP contribution in [0.25, 0.3) is 0 Å². The lowest BCUT2D eigenvalue weighted by molar-refractivity contribution is -0.121. The van der Waals surface area contributed by atoms with Gasteiger partial charge in [0.1, 0.15) is 11.9 Å². The molecule has 0 unspecified atom stereocenters. The zero-order chi connectivity index (χ0) is 26.4. The summed E-state index contributed by atoms with van der Waals surface area (Å²) in [6.45, 7) is 8.01. The average Bonchev–Trinajstić information content (AvgIpc) is 3.36. The lowest BCUT2D eigenvalue weighted by atomic mass is 9.99. The number of hydrogen-bond donors (Lipinski definition) is 2. The fraction of sp³-hybridized carbons (Fsp3) is 0.556. The molecule has 2 fully saturated rings. The summed E-state index contributed by atoms with van der Waals surface area (Å²) >= 11 is 3.44. The smallest absolute Gasteiger partial charge is 0.251 e. The third-order valence-electron chi connectivity index (χ3n) is 7.20. The van der Waals surface area contributed by atoms with Gasteiger partial charge in [0.2, 0.25) is 5.91 Å². The second-order valence-electron chi connectivity index (χ2n) is 9.79. The fourth-order valence-corrected chi connectivity index (χ4v) is 5.47. The predicted molar refractivity (Wildman–Crippen MR) is 148 cm³/mol. The van der Waals surface area contributed by atoms with Crippen LogP contribution in [0.15, 0.2) is 35.1 Å². The molecule has 2 saturated heterocycles. The highest BCUT2D eigenvalue weighted by Gasteiger charge is 2.37. The van der Waals surface area contributed by atoms with Gasteiger partial charge in [0, 0.05) is 44.0 Å². The zero-order valence-corrected chi connectivity index (χ0v) is 23.5. The van der Waals surface area contributed by atoms with Crippen LogP contribution in [0.1, 0.15) is 61.6 Å². The Morgan fingerprint density at radius 2 is 1.92 bits per heavy atom. The number of unbranched alkanes of at least 4 members (excludes halogenated alkanes) is 1. The van der Waals surface area contributed by atoms with Gasteiger partial charge in [-0.05, 0) is 65.9 Å². The van der Waals surface area contributed by atoms with Crippen molar-refractivity contribution >= 4 is 39.2 Å². The molecular weight excluding hydrogens is 536 g/mol. The summed E-state index contributed by atoms with van der Waals surface area (Å²) in [5.74, 6) is 0.968. The van der Waals surface area contributed by atoms with Crippen molar-refractivity contribution in [1.82, 2.24) is 20.6 Å². The van der Waals surface area contributed by atoms with Gasteiger partial charge in [0.25, 0.3) is 5.91 Å². The van der Waals surface area contributed by atoms with E-state index in [9.17, 15) is 9.59 Å². The van der Waals surface area contributed by atoms with Gasteiger partial charge >= 0.3 is 0 Å². The first-order chi connectivity index (χ1) is 17.9. The van der Waals surface area contributed by atoms with Crippen LogP contribution in [-0.4, -0.2) is 67.7 Å². The number of hydrogen-bond acceptors (Lipinski definition) is 7. The number of likely N-dealkylation sites (N-methyl/N-ethyl adjacent to an activating group) is 1. The number of rotatable bonds is 9. The minimum Gasteiger partial charge on any atom is -0.378 e. The maximum absolute atomic E-state index is 13.0. The summed E-state index contributed by atoms with van der Waals surface area (Å²) in [6.07, 6.45) is 4.19. The molecule has 3 atom stereocenters. The molecule has 0 saturated carbocycles. The normalized spacial score (nSPS) is 20.5. The van der Waals surface area contributed by atoms with Crippen molar-refractivity contribution < 1.29 is 14.3 Å². The van der Waals surface area contributed by atoms with E-state index >= 15 is 0 Å². The number of nitrogens with zero attached hydrogens (tertiary/aromatic N) is 4. The van der Waals surface area contributed by atoms with Crippen LogP contribution in [-0.2, 0) is 9.53 Å². The minimum atomic E-state index is -0.346. The Balaban J connectivity index is 1.46. The molecule has 2 aliphatic rings. The first-order valence-corrected chi connectivity index (χ1v) is 13.9. The average molecular weight is 574 g/mol. The Labute approximate surface area is 227 Å². The third-order valence-corrected chi connectivity index (χ3v) is 7.55. The monoisotopic (exact) mass is 572 g/mol. The number of anilines is 2. The molecule has 3 heterocycles. The first-order valence-electron chi connectivity index (χ1n) is 13.2. The van der Waals surface area contributed by atoms with E-state index in [2.05, 4.69) is 53.3 Å². The summed E-state index contributed by atoms with van der Waals surface area (Å²) in [6, 6.07) is 8.93. The van der Waals surface area contributed by atoms with Gasteiger partial charge in [-0.25, -0.2) is 9.97 Å². The quantitative estimate of drug-likeness (QED) is 0.442.